The summed E-state index contributed by atoms with van der Waals surface area (Å²) in [5, 5.41) is 16.8. The van der Waals surface area contributed by atoms with E-state index in [1.165, 1.54) is 0 Å². The highest BCUT2D eigenvalue weighted by Gasteiger charge is 2.19. The van der Waals surface area contributed by atoms with Gasteiger partial charge in [-0.3, -0.25) is 4.99 Å². The first-order valence-electron chi connectivity index (χ1n) is 7.75. The molecular formula is C14H25N5O2. The van der Waals surface area contributed by atoms with E-state index < -0.39 is 0 Å². The van der Waals surface area contributed by atoms with Gasteiger partial charge >= 0.3 is 0 Å². The molecule has 1 aromatic rings. The predicted octanol–water partition coefficient (Wildman–Crippen LogP) is 0.597. The number of aromatic nitrogens is 2. The van der Waals surface area contributed by atoms with Crippen LogP contribution in [0.1, 0.15) is 38.4 Å². The van der Waals surface area contributed by atoms with Gasteiger partial charge in [0.05, 0.1) is 6.10 Å². The van der Waals surface area contributed by atoms with Crippen LogP contribution in [-0.2, 0) is 12.8 Å². The zero-order valence-electron chi connectivity index (χ0n) is 12.9. The van der Waals surface area contributed by atoms with Crippen molar-refractivity contribution in [2.24, 2.45) is 4.99 Å². The molecule has 118 valence electrons. The number of aryl methyl sites for hydroxylation is 1. The fourth-order valence-corrected chi connectivity index (χ4v) is 2.30. The van der Waals surface area contributed by atoms with Gasteiger partial charge in [0.2, 0.25) is 5.89 Å². The molecule has 1 saturated heterocycles. The Kier molecular flexibility index (Phi) is 5.98. The Labute approximate surface area is 125 Å². The number of piperidine rings is 1. The zero-order chi connectivity index (χ0) is 15.1. The lowest BCUT2D eigenvalue weighted by molar-refractivity contribution is 0.108. The molecule has 2 N–H and O–H groups in total. The molecule has 0 atom stereocenters. The van der Waals surface area contributed by atoms with Gasteiger partial charge in [-0.15, -0.1) is 0 Å². The summed E-state index contributed by atoms with van der Waals surface area (Å²) in [5.74, 6) is 2.29. The molecular weight excluding hydrogens is 270 g/mol. The maximum atomic E-state index is 9.58. The molecule has 1 aliphatic heterocycles. The molecule has 1 fully saturated rings. The van der Waals surface area contributed by atoms with Gasteiger partial charge in [0.25, 0.3) is 0 Å². The second-order valence-corrected chi connectivity index (χ2v) is 5.16. The summed E-state index contributed by atoms with van der Waals surface area (Å²) in [7, 11) is 0. The first-order chi connectivity index (χ1) is 10.2. The van der Waals surface area contributed by atoms with Gasteiger partial charge in [-0.2, -0.15) is 4.98 Å². The van der Waals surface area contributed by atoms with Crippen molar-refractivity contribution in [3.63, 3.8) is 0 Å². The predicted molar refractivity (Wildman–Crippen MR) is 80.2 cm³/mol. The lowest BCUT2D eigenvalue weighted by atomic mass is 10.1. The number of aliphatic hydroxyl groups is 1. The topological polar surface area (TPSA) is 86.8 Å². The van der Waals surface area contributed by atoms with Crippen molar-refractivity contribution in [2.45, 2.75) is 45.6 Å². The first kappa shape index (κ1) is 15.8. The fraction of sp³-hybridized carbons (Fsp3) is 0.786. The Hall–Kier alpha value is -1.63. The van der Waals surface area contributed by atoms with E-state index >= 15 is 0 Å². The highest BCUT2D eigenvalue weighted by Crippen LogP contribution is 2.10. The smallest absolute Gasteiger partial charge is 0.226 e. The van der Waals surface area contributed by atoms with Crippen molar-refractivity contribution in [3.8, 4) is 0 Å². The molecule has 2 heterocycles. The number of guanidine groups is 1. The van der Waals surface area contributed by atoms with Crippen molar-refractivity contribution in [1.29, 1.82) is 0 Å². The third-order valence-electron chi connectivity index (χ3n) is 3.51. The Morgan fingerprint density at radius 2 is 2.19 bits per heavy atom. The Morgan fingerprint density at radius 3 is 2.81 bits per heavy atom. The van der Waals surface area contributed by atoms with Gasteiger partial charge < -0.3 is 19.8 Å². The van der Waals surface area contributed by atoms with E-state index in [4.69, 9.17) is 4.52 Å². The van der Waals surface area contributed by atoms with Gasteiger partial charge in [-0.1, -0.05) is 12.1 Å². The van der Waals surface area contributed by atoms with E-state index in [1.54, 1.807) is 0 Å². The van der Waals surface area contributed by atoms with E-state index in [1.807, 2.05) is 6.92 Å². The monoisotopic (exact) mass is 295 g/mol. The lowest BCUT2D eigenvalue weighted by Crippen LogP contribution is -2.46. The molecule has 0 bridgehead atoms. The Bertz CT molecular complexity index is 452. The van der Waals surface area contributed by atoms with Crippen molar-refractivity contribution in [2.75, 3.05) is 26.2 Å². The summed E-state index contributed by atoms with van der Waals surface area (Å²) >= 11 is 0. The summed E-state index contributed by atoms with van der Waals surface area (Å²) in [6.07, 6.45) is 2.87. The quantitative estimate of drug-likeness (QED) is 0.611. The summed E-state index contributed by atoms with van der Waals surface area (Å²) in [4.78, 5) is 11.1. The molecule has 21 heavy (non-hydrogen) atoms. The van der Waals surface area contributed by atoms with Crippen LogP contribution in [0.4, 0.5) is 0 Å². The third-order valence-corrected chi connectivity index (χ3v) is 3.51. The number of hydrogen-bond donors (Lipinski definition) is 2. The summed E-state index contributed by atoms with van der Waals surface area (Å²) < 4.78 is 5.08. The summed E-state index contributed by atoms with van der Waals surface area (Å²) in [6.45, 7) is 7.19. The normalized spacial score (nSPS) is 17.3. The number of nitrogens with one attached hydrogen (secondary N) is 1. The van der Waals surface area contributed by atoms with Gasteiger partial charge in [-0.05, 0) is 19.8 Å². The maximum Gasteiger partial charge on any atom is 0.226 e. The van der Waals surface area contributed by atoms with Crippen LogP contribution in [0.15, 0.2) is 9.52 Å². The molecule has 0 radical (unpaired) electrons. The largest absolute Gasteiger partial charge is 0.393 e. The standard InChI is InChI=1S/C14H25N5O2/c1-3-13-17-12(18-21-13)5-8-16-14(15-4-2)19-9-6-11(20)7-10-19/h11,20H,3-10H2,1-2H3,(H,15,16). The van der Waals surface area contributed by atoms with Crippen molar-refractivity contribution in [3.05, 3.63) is 11.7 Å². The fourth-order valence-electron chi connectivity index (χ4n) is 2.30. The minimum Gasteiger partial charge on any atom is -0.393 e. The summed E-state index contributed by atoms with van der Waals surface area (Å²) in [5.41, 5.74) is 0. The molecule has 1 aromatic heterocycles. The molecule has 7 nitrogen and oxygen atoms in total. The lowest BCUT2D eigenvalue weighted by Gasteiger charge is -2.32. The average Bonchev–Trinajstić information content (AvgIpc) is 2.95. The molecule has 0 saturated carbocycles. The first-order valence-corrected chi connectivity index (χ1v) is 7.75. The van der Waals surface area contributed by atoms with Crippen molar-refractivity contribution in [1.82, 2.24) is 20.4 Å². The minimum atomic E-state index is -0.170. The van der Waals surface area contributed by atoms with E-state index in [0.29, 0.717) is 24.7 Å². The van der Waals surface area contributed by atoms with Crippen molar-refractivity contribution >= 4 is 5.96 Å². The molecule has 0 aliphatic carbocycles. The molecule has 0 aromatic carbocycles. The Balaban J connectivity index is 1.88. The number of likely N-dealkylation sites (tertiary alicyclic amines) is 1. The van der Waals surface area contributed by atoms with Crippen LogP contribution in [0.25, 0.3) is 0 Å². The third kappa shape index (κ3) is 4.70. The average molecular weight is 295 g/mol. The van der Waals surface area contributed by atoms with E-state index in [2.05, 4.69) is 32.3 Å². The van der Waals surface area contributed by atoms with Crippen LogP contribution in [0.5, 0.6) is 0 Å². The van der Waals surface area contributed by atoms with E-state index in [-0.39, 0.29) is 6.10 Å². The highest BCUT2D eigenvalue weighted by molar-refractivity contribution is 5.80. The van der Waals surface area contributed by atoms with Gasteiger partial charge in [-0.25, -0.2) is 0 Å². The molecule has 1 aliphatic rings. The Morgan fingerprint density at radius 1 is 1.43 bits per heavy atom. The molecule has 7 heteroatoms. The number of hydrogen-bond acceptors (Lipinski definition) is 5. The van der Waals surface area contributed by atoms with Crippen LogP contribution in [0.2, 0.25) is 0 Å². The van der Waals surface area contributed by atoms with Crippen LogP contribution < -0.4 is 5.32 Å². The SMILES string of the molecule is CCNC(=NCCc1noc(CC)n1)N1CCC(O)CC1. The number of aliphatic hydroxyl groups excluding tert-OH is 1. The summed E-state index contributed by atoms with van der Waals surface area (Å²) in [6, 6.07) is 0. The van der Waals surface area contributed by atoms with Gasteiger partial charge in [0.1, 0.15) is 0 Å². The number of rotatable bonds is 5. The van der Waals surface area contributed by atoms with Crippen LogP contribution in [-0.4, -0.2) is 58.4 Å². The molecule has 0 unspecified atom stereocenters. The molecule has 0 amide bonds. The van der Waals surface area contributed by atoms with Crippen LogP contribution in [0.3, 0.4) is 0 Å². The highest BCUT2D eigenvalue weighted by atomic mass is 16.5. The van der Waals surface area contributed by atoms with Crippen LogP contribution in [0, 0.1) is 0 Å². The number of aliphatic imine (C=N–C) groups is 1. The van der Waals surface area contributed by atoms with Gasteiger partial charge in [0.15, 0.2) is 11.8 Å². The maximum absolute atomic E-state index is 9.58. The van der Waals surface area contributed by atoms with E-state index in [9.17, 15) is 5.11 Å². The second-order valence-electron chi connectivity index (χ2n) is 5.16. The molecule has 2 rings (SSSR count). The number of nitrogens with zero attached hydrogens (tertiary/aromatic N) is 4. The minimum absolute atomic E-state index is 0.170. The van der Waals surface area contributed by atoms with Crippen LogP contribution >= 0.6 is 0 Å². The van der Waals surface area contributed by atoms with E-state index in [0.717, 1.165) is 44.9 Å². The molecule has 0 spiro atoms. The second kappa shape index (κ2) is 7.97. The van der Waals surface area contributed by atoms with Crippen molar-refractivity contribution < 1.29 is 9.63 Å². The zero-order valence-corrected chi connectivity index (χ0v) is 12.9. The van der Waals surface area contributed by atoms with Gasteiger partial charge in [0, 0.05) is 39.0 Å².